The van der Waals surface area contributed by atoms with Crippen LogP contribution in [0.2, 0.25) is 0 Å². The Hall–Kier alpha value is -1.14. The Balaban J connectivity index is 3.34. The average molecular weight is 850 g/mol. The van der Waals surface area contributed by atoms with E-state index in [1.165, 1.54) is 238 Å². The molecule has 0 aliphatic carbocycles. The molecular formula is C54H107NO5. The first-order chi connectivity index (χ1) is 29.5. The van der Waals surface area contributed by atoms with Crippen LogP contribution in [0.5, 0.6) is 0 Å². The predicted molar refractivity (Wildman–Crippen MR) is 260 cm³/mol. The van der Waals surface area contributed by atoms with Gasteiger partial charge in [-0.25, -0.2) is 0 Å². The van der Waals surface area contributed by atoms with Gasteiger partial charge in [0.2, 0.25) is 5.91 Å². The van der Waals surface area contributed by atoms with Gasteiger partial charge in [-0.05, 0) is 25.7 Å². The van der Waals surface area contributed by atoms with Crippen molar-refractivity contribution in [1.29, 1.82) is 0 Å². The van der Waals surface area contributed by atoms with Crippen LogP contribution in [0.4, 0.5) is 0 Å². The lowest BCUT2D eigenvalue weighted by Gasteiger charge is -2.22. The molecule has 0 aromatic carbocycles. The zero-order valence-corrected chi connectivity index (χ0v) is 40.7. The minimum Gasteiger partial charge on any atom is -0.466 e. The second-order valence-electron chi connectivity index (χ2n) is 18.9. The maximum absolute atomic E-state index is 12.4. The summed E-state index contributed by atoms with van der Waals surface area (Å²) in [5.41, 5.74) is 0. The third kappa shape index (κ3) is 46.4. The molecule has 0 saturated heterocycles. The molecule has 0 saturated carbocycles. The van der Waals surface area contributed by atoms with Crippen LogP contribution in [0.15, 0.2) is 0 Å². The lowest BCUT2D eigenvalue weighted by Crippen LogP contribution is -2.45. The maximum Gasteiger partial charge on any atom is 0.305 e. The van der Waals surface area contributed by atoms with Gasteiger partial charge < -0.3 is 20.3 Å². The number of carbonyl (C=O) groups excluding carboxylic acids is 2. The van der Waals surface area contributed by atoms with Gasteiger partial charge in [0.25, 0.3) is 0 Å². The van der Waals surface area contributed by atoms with E-state index in [2.05, 4.69) is 19.2 Å². The van der Waals surface area contributed by atoms with Gasteiger partial charge in [0.15, 0.2) is 0 Å². The summed E-state index contributed by atoms with van der Waals surface area (Å²) < 4.78 is 5.48. The molecule has 0 fully saturated rings. The van der Waals surface area contributed by atoms with Gasteiger partial charge in [-0.1, -0.05) is 271 Å². The van der Waals surface area contributed by atoms with Crippen molar-refractivity contribution in [2.45, 2.75) is 321 Å². The van der Waals surface area contributed by atoms with Crippen molar-refractivity contribution in [3.8, 4) is 0 Å². The summed E-state index contributed by atoms with van der Waals surface area (Å²) in [7, 11) is 0. The number of hydrogen-bond donors (Lipinski definition) is 3. The Bertz CT molecular complexity index is 852. The number of amides is 1. The van der Waals surface area contributed by atoms with Crippen molar-refractivity contribution in [2.24, 2.45) is 0 Å². The predicted octanol–water partition coefficient (Wildman–Crippen LogP) is 16.4. The fourth-order valence-electron chi connectivity index (χ4n) is 8.70. The number of ether oxygens (including phenoxy) is 1. The Kier molecular flexibility index (Phi) is 49.5. The van der Waals surface area contributed by atoms with E-state index >= 15 is 0 Å². The monoisotopic (exact) mass is 850 g/mol. The molecule has 60 heavy (non-hydrogen) atoms. The van der Waals surface area contributed by atoms with E-state index in [1.807, 2.05) is 0 Å². The van der Waals surface area contributed by atoms with Crippen LogP contribution in [-0.4, -0.2) is 47.4 Å². The molecule has 6 heteroatoms. The van der Waals surface area contributed by atoms with Crippen LogP contribution in [0.3, 0.4) is 0 Å². The number of rotatable bonds is 51. The minimum absolute atomic E-state index is 0.0123. The molecular weight excluding hydrogens is 743 g/mol. The molecule has 0 spiro atoms. The highest BCUT2D eigenvalue weighted by molar-refractivity contribution is 5.76. The van der Waals surface area contributed by atoms with Gasteiger partial charge in [0.1, 0.15) is 0 Å². The van der Waals surface area contributed by atoms with Gasteiger partial charge in [-0.15, -0.1) is 0 Å². The largest absolute Gasteiger partial charge is 0.466 e. The molecule has 0 radical (unpaired) electrons. The fraction of sp³-hybridized carbons (Fsp3) is 0.963. The van der Waals surface area contributed by atoms with Gasteiger partial charge in [-0.3, -0.25) is 9.59 Å². The Morgan fingerprint density at radius 3 is 1.02 bits per heavy atom. The van der Waals surface area contributed by atoms with Crippen molar-refractivity contribution >= 4 is 11.9 Å². The van der Waals surface area contributed by atoms with E-state index in [0.29, 0.717) is 25.9 Å². The van der Waals surface area contributed by atoms with E-state index in [9.17, 15) is 19.8 Å². The topological polar surface area (TPSA) is 95.9 Å². The zero-order valence-electron chi connectivity index (χ0n) is 40.7. The summed E-state index contributed by atoms with van der Waals surface area (Å²) >= 11 is 0. The van der Waals surface area contributed by atoms with Crippen LogP contribution in [-0.2, 0) is 14.3 Å². The second-order valence-corrected chi connectivity index (χ2v) is 18.9. The first kappa shape index (κ1) is 58.9. The summed E-state index contributed by atoms with van der Waals surface area (Å²) in [5.74, 6) is -0.0266. The number of aliphatic hydroxyl groups excluding tert-OH is 2. The Labute approximate surface area is 375 Å². The Morgan fingerprint density at radius 2 is 0.683 bits per heavy atom. The fourth-order valence-corrected chi connectivity index (χ4v) is 8.70. The molecule has 0 aromatic heterocycles. The lowest BCUT2D eigenvalue weighted by atomic mass is 10.0. The summed E-state index contributed by atoms with van der Waals surface area (Å²) in [6.07, 6.45) is 56.6. The highest BCUT2D eigenvalue weighted by Gasteiger charge is 2.20. The molecule has 1 amide bonds. The van der Waals surface area contributed by atoms with Gasteiger partial charge >= 0.3 is 5.97 Å². The first-order valence-electron chi connectivity index (χ1n) is 27.3. The summed E-state index contributed by atoms with van der Waals surface area (Å²) in [5, 5.41) is 23.1. The van der Waals surface area contributed by atoms with E-state index < -0.39 is 12.1 Å². The quantitative estimate of drug-likeness (QED) is 0.0418. The maximum atomic E-state index is 12.4. The van der Waals surface area contributed by atoms with Crippen LogP contribution in [0.1, 0.15) is 309 Å². The number of nitrogens with one attached hydrogen (secondary N) is 1. The molecule has 0 aromatic rings. The molecule has 0 aliphatic rings. The third-order valence-corrected chi connectivity index (χ3v) is 12.9. The summed E-state index contributed by atoms with van der Waals surface area (Å²) in [6, 6.07) is -0.540. The lowest BCUT2D eigenvalue weighted by molar-refractivity contribution is -0.143. The minimum atomic E-state index is -0.662. The average Bonchev–Trinajstić information content (AvgIpc) is 3.25. The van der Waals surface area contributed by atoms with Crippen molar-refractivity contribution < 1.29 is 24.5 Å². The molecule has 358 valence electrons. The number of hydrogen-bond acceptors (Lipinski definition) is 5. The molecule has 0 heterocycles. The number of aliphatic hydroxyl groups is 2. The second kappa shape index (κ2) is 50.5. The summed E-state index contributed by atoms with van der Waals surface area (Å²) in [6.45, 7) is 4.94. The number of esters is 1. The van der Waals surface area contributed by atoms with Crippen molar-refractivity contribution in [2.75, 3.05) is 13.2 Å². The highest BCUT2D eigenvalue weighted by atomic mass is 16.5. The van der Waals surface area contributed by atoms with Gasteiger partial charge in [0, 0.05) is 12.8 Å². The van der Waals surface area contributed by atoms with E-state index in [1.54, 1.807) is 0 Å². The van der Waals surface area contributed by atoms with Gasteiger partial charge in [0.05, 0.1) is 25.4 Å². The molecule has 3 N–H and O–H groups in total. The standard InChI is InChI=1S/C54H107NO5/c1-3-5-7-9-11-13-14-15-21-25-28-32-36-40-44-48-54(59)60-49-45-41-37-33-29-26-23-20-18-16-17-19-22-24-27-31-35-39-43-47-53(58)55-51(50-56)52(57)46-42-38-34-30-12-10-8-6-4-2/h51-52,56-57H,3-50H2,1-2H3,(H,55,58). The van der Waals surface area contributed by atoms with Crippen molar-refractivity contribution in [3.63, 3.8) is 0 Å². The van der Waals surface area contributed by atoms with Crippen molar-refractivity contribution in [3.05, 3.63) is 0 Å². The highest BCUT2D eigenvalue weighted by Crippen LogP contribution is 2.17. The summed E-state index contributed by atoms with van der Waals surface area (Å²) in [4.78, 5) is 24.4. The van der Waals surface area contributed by atoms with Crippen LogP contribution >= 0.6 is 0 Å². The SMILES string of the molecule is CCCCCCCCCCCCCCCCCC(=O)OCCCCCCCCCCCCCCCCCCCCCC(=O)NC(CO)C(O)CCCCCCCCCCC. The van der Waals surface area contributed by atoms with Crippen LogP contribution in [0, 0.1) is 0 Å². The van der Waals surface area contributed by atoms with E-state index in [0.717, 1.165) is 38.5 Å². The molecule has 0 bridgehead atoms. The number of carbonyl (C=O) groups is 2. The normalized spacial score (nSPS) is 12.5. The molecule has 6 nitrogen and oxygen atoms in total. The van der Waals surface area contributed by atoms with E-state index in [4.69, 9.17) is 4.74 Å². The first-order valence-corrected chi connectivity index (χ1v) is 27.3. The van der Waals surface area contributed by atoms with Crippen molar-refractivity contribution in [1.82, 2.24) is 5.32 Å². The third-order valence-electron chi connectivity index (χ3n) is 12.9. The van der Waals surface area contributed by atoms with Crippen LogP contribution < -0.4 is 5.32 Å². The molecule has 0 aliphatic heterocycles. The molecule has 0 rings (SSSR count). The zero-order chi connectivity index (χ0) is 43.7. The van der Waals surface area contributed by atoms with Gasteiger partial charge in [-0.2, -0.15) is 0 Å². The van der Waals surface area contributed by atoms with E-state index in [-0.39, 0.29) is 18.5 Å². The smallest absolute Gasteiger partial charge is 0.305 e. The Morgan fingerprint density at radius 1 is 0.400 bits per heavy atom. The number of unbranched alkanes of at least 4 members (excludes halogenated alkanes) is 40. The molecule has 2 unspecified atom stereocenters. The van der Waals surface area contributed by atoms with Crippen LogP contribution in [0.25, 0.3) is 0 Å². The molecule has 2 atom stereocenters.